The maximum absolute atomic E-state index is 13.4. The second kappa shape index (κ2) is 10.6. The molecule has 4 amide bonds. The van der Waals surface area contributed by atoms with E-state index < -0.39 is 33.1 Å². The van der Waals surface area contributed by atoms with Gasteiger partial charge in [-0.1, -0.05) is 18.2 Å². The molecule has 1 aliphatic heterocycles. The van der Waals surface area contributed by atoms with Gasteiger partial charge in [0.2, 0.25) is 21.8 Å². The van der Waals surface area contributed by atoms with Gasteiger partial charge in [0.05, 0.1) is 10.8 Å². The first-order valence-corrected chi connectivity index (χ1v) is 14.3. The molecule has 4 N–H and O–H groups in total. The summed E-state index contributed by atoms with van der Waals surface area (Å²) in [6, 6.07) is 8.81. The van der Waals surface area contributed by atoms with Crippen molar-refractivity contribution in [1.29, 1.82) is 0 Å². The molecule has 0 spiro atoms. The number of carbonyl (C=O) groups is 4. The Morgan fingerprint density at radius 1 is 1.10 bits per heavy atom. The Bertz CT molecular complexity index is 1670. The second-order valence-electron chi connectivity index (χ2n) is 9.86. The number of rotatable bonds is 8. The van der Waals surface area contributed by atoms with Crippen molar-refractivity contribution in [3.05, 3.63) is 71.6 Å². The van der Waals surface area contributed by atoms with E-state index in [0.29, 0.717) is 36.0 Å². The number of nitrogens with one attached hydrogen (secondary N) is 2. The lowest BCUT2D eigenvalue weighted by Gasteiger charge is -2.32. The highest BCUT2D eigenvalue weighted by molar-refractivity contribution is 7.91. The molecule has 2 aromatic heterocycles. The van der Waals surface area contributed by atoms with E-state index in [9.17, 15) is 27.6 Å². The second-order valence-corrected chi connectivity index (χ2v) is 11.8. The molecule has 0 unspecified atom stereocenters. The Hall–Kier alpha value is -4.52. The van der Waals surface area contributed by atoms with E-state index >= 15 is 0 Å². The van der Waals surface area contributed by atoms with E-state index in [2.05, 4.69) is 15.0 Å². The highest BCUT2D eigenvalue weighted by Gasteiger charge is 2.37. The Morgan fingerprint density at radius 2 is 1.88 bits per heavy atom. The van der Waals surface area contributed by atoms with Crippen LogP contribution in [0.3, 0.4) is 0 Å². The zero-order valence-electron chi connectivity index (χ0n) is 21.7. The summed E-state index contributed by atoms with van der Waals surface area (Å²) in [5, 5.41) is 2.50. The number of aromatic nitrogens is 2. The minimum Gasteiger partial charge on any atom is -0.366 e. The Balaban J connectivity index is 1.38. The van der Waals surface area contributed by atoms with E-state index in [1.54, 1.807) is 18.2 Å². The fraction of sp³-hybridized carbons (Fsp3) is 0.296. The topological polar surface area (TPSA) is 174 Å². The molecule has 5 rings (SSSR count). The number of hydrogen-bond donors (Lipinski definition) is 3. The maximum atomic E-state index is 13.4. The molecule has 13 heteroatoms. The first-order chi connectivity index (χ1) is 19.0. The van der Waals surface area contributed by atoms with Crippen molar-refractivity contribution >= 4 is 50.4 Å². The summed E-state index contributed by atoms with van der Waals surface area (Å²) in [6.45, 7) is 1.83. The number of anilines is 1. The molecule has 1 aliphatic carbocycles. The Morgan fingerprint density at radius 3 is 2.58 bits per heavy atom. The average Bonchev–Trinajstić information content (AvgIpc) is 3.72. The van der Waals surface area contributed by atoms with Crippen LogP contribution in [0.4, 0.5) is 5.82 Å². The van der Waals surface area contributed by atoms with Crippen molar-refractivity contribution < 1.29 is 27.6 Å². The largest absolute Gasteiger partial charge is 0.366 e. The minimum absolute atomic E-state index is 0.0333. The SMILES string of the molecule is Cc1cccc(NC(=O)[C@@H]2CC=CCN2C(=O)Cn2cc(C(N)=O)c3cc(C(=O)NS(=O)(=O)C4CC4)ccc32)n1. The van der Waals surface area contributed by atoms with Crippen LogP contribution < -0.4 is 15.8 Å². The number of sulfonamides is 1. The normalized spacial score (nSPS) is 17.0. The molecule has 0 radical (unpaired) electrons. The number of amides is 4. The molecule has 2 aliphatic rings. The highest BCUT2D eigenvalue weighted by atomic mass is 32.2. The van der Waals surface area contributed by atoms with Crippen molar-refractivity contribution in [3.8, 4) is 0 Å². The van der Waals surface area contributed by atoms with Crippen molar-refractivity contribution in [2.75, 3.05) is 11.9 Å². The molecule has 1 fully saturated rings. The molecule has 1 aromatic carbocycles. The van der Waals surface area contributed by atoms with Gasteiger partial charge >= 0.3 is 0 Å². The van der Waals surface area contributed by atoms with Crippen LogP contribution >= 0.6 is 0 Å². The number of aryl methyl sites for hydroxylation is 1. The van der Waals surface area contributed by atoms with E-state index in [1.165, 1.54) is 33.9 Å². The van der Waals surface area contributed by atoms with Crippen LogP contribution in [0, 0.1) is 6.92 Å². The molecule has 3 aromatic rings. The van der Waals surface area contributed by atoms with Crippen molar-refractivity contribution in [2.24, 2.45) is 5.73 Å². The molecule has 0 saturated heterocycles. The molecular weight excluding hydrogens is 536 g/mol. The van der Waals surface area contributed by atoms with Gasteiger partial charge in [0.25, 0.3) is 11.8 Å². The van der Waals surface area contributed by atoms with Gasteiger partial charge in [0, 0.05) is 34.9 Å². The maximum Gasteiger partial charge on any atom is 0.264 e. The predicted molar refractivity (Wildman–Crippen MR) is 147 cm³/mol. The number of fused-ring (bicyclic) bond motifs is 1. The number of nitrogens with two attached hydrogens (primary N) is 1. The molecule has 208 valence electrons. The molecular formula is C27H28N6O6S. The molecule has 12 nitrogen and oxygen atoms in total. The summed E-state index contributed by atoms with van der Waals surface area (Å²) in [5.74, 6) is -1.94. The van der Waals surface area contributed by atoms with Crippen LogP contribution in [0.15, 0.2) is 54.7 Å². The fourth-order valence-corrected chi connectivity index (χ4v) is 5.97. The number of hydrogen-bond acceptors (Lipinski definition) is 7. The van der Waals surface area contributed by atoms with Gasteiger partial charge in [0.1, 0.15) is 18.4 Å². The van der Waals surface area contributed by atoms with Crippen LogP contribution in [-0.4, -0.2) is 64.3 Å². The molecule has 1 atom stereocenters. The zero-order valence-corrected chi connectivity index (χ0v) is 22.5. The van der Waals surface area contributed by atoms with Gasteiger partial charge in [-0.25, -0.2) is 18.1 Å². The van der Waals surface area contributed by atoms with Crippen LogP contribution in [0.25, 0.3) is 10.9 Å². The lowest BCUT2D eigenvalue weighted by Crippen LogP contribution is -2.49. The number of carbonyl (C=O) groups excluding carboxylic acids is 4. The monoisotopic (exact) mass is 564 g/mol. The van der Waals surface area contributed by atoms with Crippen LogP contribution in [0.1, 0.15) is 45.7 Å². The van der Waals surface area contributed by atoms with E-state index in [-0.39, 0.29) is 36.0 Å². The van der Waals surface area contributed by atoms with Gasteiger partial charge in [-0.15, -0.1) is 0 Å². The number of nitrogens with zero attached hydrogens (tertiary/aromatic N) is 3. The predicted octanol–water partition coefficient (Wildman–Crippen LogP) is 1.46. The third-order valence-electron chi connectivity index (χ3n) is 6.88. The molecule has 1 saturated carbocycles. The number of primary amides is 1. The average molecular weight is 565 g/mol. The zero-order chi connectivity index (χ0) is 28.6. The van der Waals surface area contributed by atoms with Crippen LogP contribution in [-0.2, 0) is 26.2 Å². The summed E-state index contributed by atoms with van der Waals surface area (Å²) < 4.78 is 28.0. The standard InChI is InChI=1S/C27H28N6O6S/c1-16-5-4-7-23(29-16)30-27(37)22-6-2-3-12-33(22)24(34)15-32-14-20(25(28)35)19-13-17(8-11-21(19)32)26(36)31-40(38,39)18-9-10-18/h2-5,7-8,11,13-14,18,22H,6,9-10,12,15H2,1H3,(H2,28,35)(H,31,36)(H,29,30,37)/t22-/m0/s1. The summed E-state index contributed by atoms with van der Waals surface area (Å²) in [4.78, 5) is 57.1. The number of benzene rings is 1. The smallest absolute Gasteiger partial charge is 0.264 e. The Kier molecular flexibility index (Phi) is 7.15. The van der Waals surface area contributed by atoms with Crippen molar-refractivity contribution in [3.63, 3.8) is 0 Å². The summed E-state index contributed by atoms with van der Waals surface area (Å²) >= 11 is 0. The highest BCUT2D eigenvalue weighted by Crippen LogP contribution is 2.28. The van der Waals surface area contributed by atoms with Gasteiger partial charge < -0.3 is 20.5 Å². The molecule has 3 heterocycles. The third kappa shape index (κ3) is 5.59. The summed E-state index contributed by atoms with van der Waals surface area (Å²) in [5.41, 5.74) is 6.87. The lowest BCUT2D eigenvalue weighted by molar-refractivity contribution is -0.138. The van der Waals surface area contributed by atoms with Crippen molar-refractivity contribution in [2.45, 2.75) is 44.0 Å². The lowest BCUT2D eigenvalue weighted by atomic mass is 10.1. The fourth-order valence-electron chi connectivity index (χ4n) is 4.67. The third-order valence-corrected chi connectivity index (χ3v) is 8.70. The quantitative estimate of drug-likeness (QED) is 0.347. The molecule has 0 bridgehead atoms. The summed E-state index contributed by atoms with van der Waals surface area (Å²) in [7, 11) is -3.76. The van der Waals surface area contributed by atoms with E-state index in [1.807, 2.05) is 19.1 Å². The molecule has 40 heavy (non-hydrogen) atoms. The minimum atomic E-state index is -3.76. The van der Waals surface area contributed by atoms with Crippen LogP contribution in [0.5, 0.6) is 0 Å². The van der Waals surface area contributed by atoms with Gasteiger partial charge in [-0.05, 0) is 56.5 Å². The van der Waals surface area contributed by atoms with Gasteiger partial charge in [-0.3, -0.25) is 19.2 Å². The van der Waals surface area contributed by atoms with Crippen LogP contribution in [0.2, 0.25) is 0 Å². The number of pyridine rings is 1. The van der Waals surface area contributed by atoms with E-state index in [4.69, 9.17) is 5.73 Å². The first-order valence-electron chi connectivity index (χ1n) is 12.7. The summed E-state index contributed by atoms with van der Waals surface area (Å²) in [6.07, 6.45) is 6.38. The van der Waals surface area contributed by atoms with Crippen molar-refractivity contribution in [1.82, 2.24) is 19.2 Å². The van der Waals surface area contributed by atoms with Gasteiger partial charge in [0.15, 0.2) is 0 Å². The van der Waals surface area contributed by atoms with E-state index in [0.717, 1.165) is 5.69 Å². The first kappa shape index (κ1) is 27.1. The van der Waals surface area contributed by atoms with Gasteiger partial charge in [-0.2, -0.15) is 0 Å². The Labute approximate surface area is 230 Å².